The molecule has 26 heavy (non-hydrogen) atoms. The molecule has 1 aromatic heterocycles. The summed E-state index contributed by atoms with van der Waals surface area (Å²) in [6.45, 7) is 1.27. The van der Waals surface area contributed by atoms with Gasteiger partial charge in [-0.05, 0) is 22.6 Å². The molecule has 11 heteroatoms. The monoisotopic (exact) mass is 420 g/mol. The highest BCUT2D eigenvalue weighted by Crippen LogP contribution is 2.18. The van der Waals surface area contributed by atoms with Gasteiger partial charge in [-0.2, -0.15) is 0 Å². The molecule has 0 radical (unpaired) electrons. The van der Waals surface area contributed by atoms with Gasteiger partial charge >= 0.3 is 5.95 Å². The first-order chi connectivity index (χ1) is 12.4. The molecule has 0 bridgehead atoms. The lowest BCUT2D eigenvalue weighted by Crippen LogP contribution is -2.27. The second kappa shape index (κ2) is 9.20. The van der Waals surface area contributed by atoms with Crippen molar-refractivity contribution in [2.45, 2.75) is 11.6 Å². The van der Waals surface area contributed by atoms with Gasteiger partial charge in [-0.1, -0.05) is 17.1 Å². The molecule has 1 heterocycles. The molecule has 0 aliphatic heterocycles. The third-order valence-electron chi connectivity index (χ3n) is 3.59. The normalized spacial score (nSPS) is 11.5. The summed E-state index contributed by atoms with van der Waals surface area (Å²) in [5.74, 6) is -0.321. The molecule has 0 aliphatic rings. The standard InChI is InChI=1S/C15H18Cl2N4O4S/c16-5-8-19(9-6-17)14-3-1-13(2-4-14)11-26(24,25)12-20-10-7-18-15(20)21(22)23/h1-4,7,10H,5-6,8-9,11-12H2. The molecule has 8 nitrogen and oxygen atoms in total. The second-order valence-electron chi connectivity index (χ2n) is 5.50. The first-order valence-corrected chi connectivity index (χ1v) is 10.6. The van der Waals surface area contributed by atoms with E-state index in [1.807, 2.05) is 17.0 Å². The van der Waals surface area contributed by atoms with Crippen LogP contribution in [0.4, 0.5) is 11.6 Å². The van der Waals surface area contributed by atoms with Crippen LogP contribution < -0.4 is 4.90 Å². The van der Waals surface area contributed by atoms with Gasteiger partial charge in [-0.3, -0.25) is 0 Å². The van der Waals surface area contributed by atoms with Crippen LogP contribution >= 0.6 is 23.2 Å². The number of hydrogen-bond acceptors (Lipinski definition) is 6. The van der Waals surface area contributed by atoms with Crippen molar-refractivity contribution in [3.63, 3.8) is 0 Å². The van der Waals surface area contributed by atoms with Crippen LogP contribution in [0.2, 0.25) is 0 Å². The number of halogens is 2. The molecule has 142 valence electrons. The van der Waals surface area contributed by atoms with E-state index in [-0.39, 0.29) is 5.75 Å². The number of benzene rings is 1. The molecule has 2 aromatic rings. The lowest BCUT2D eigenvalue weighted by Gasteiger charge is -2.23. The minimum atomic E-state index is -3.60. The first-order valence-electron chi connectivity index (χ1n) is 7.68. The van der Waals surface area contributed by atoms with Crippen LogP contribution in [0.3, 0.4) is 0 Å². The average Bonchev–Trinajstić information content (AvgIpc) is 3.02. The summed E-state index contributed by atoms with van der Waals surface area (Å²) in [4.78, 5) is 15.7. The van der Waals surface area contributed by atoms with Crippen molar-refractivity contribution in [3.8, 4) is 0 Å². The molecule has 0 aliphatic carbocycles. The molecule has 0 N–H and O–H groups in total. The Balaban J connectivity index is 2.09. The van der Waals surface area contributed by atoms with E-state index in [1.165, 1.54) is 12.4 Å². The van der Waals surface area contributed by atoms with Crippen LogP contribution in [-0.4, -0.2) is 47.7 Å². The Morgan fingerprint density at radius 3 is 2.31 bits per heavy atom. The van der Waals surface area contributed by atoms with Gasteiger partial charge in [-0.15, -0.1) is 23.2 Å². The fourth-order valence-corrected chi connectivity index (χ4v) is 4.29. The van der Waals surface area contributed by atoms with E-state index < -0.39 is 26.6 Å². The zero-order valence-corrected chi connectivity index (χ0v) is 16.1. The number of aromatic nitrogens is 2. The average molecular weight is 421 g/mol. The highest BCUT2D eigenvalue weighted by Gasteiger charge is 2.21. The van der Waals surface area contributed by atoms with E-state index in [1.54, 1.807) is 12.1 Å². The molecule has 2 rings (SSSR count). The number of nitro groups is 1. The van der Waals surface area contributed by atoms with E-state index in [0.717, 1.165) is 10.3 Å². The highest BCUT2D eigenvalue weighted by molar-refractivity contribution is 7.89. The second-order valence-corrected chi connectivity index (χ2v) is 8.29. The Kier molecular flexibility index (Phi) is 7.24. The number of anilines is 1. The lowest BCUT2D eigenvalue weighted by molar-refractivity contribution is -0.396. The molecule has 0 saturated heterocycles. The smallest absolute Gasteiger partial charge is 0.390 e. The van der Waals surface area contributed by atoms with Crippen LogP contribution in [0.15, 0.2) is 36.7 Å². The molecule has 0 amide bonds. The van der Waals surface area contributed by atoms with E-state index >= 15 is 0 Å². The minimum Gasteiger partial charge on any atom is -0.390 e. The van der Waals surface area contributed by atoms with Gasteiger partial charge in [0.25, 0.3) is 0 Å². The molecular formula is C15H18Cl2N4O4S. The Morgan fingerprint density at radius 1 is 1.15 bits per heavy atom. The van der Waals surface area contributed by atoms with Crippen LogP contribution in [0.25, 0.3) is 0 Å². The zero-order chi connectivity index (χ0) is 19.2. The maximum Gasteiger partial charge on any atom is 0.435 e. The van der Waals surface area contributed by atoms with Gasteiger partial charge in [0.1, 0.15) is 12.4 Å². The predicted octanol–water partition coefficient (Wildman–Crippen LogP) is 2.65. The van der Waals surface area contributed by atoms with Gasteiger partial charge in [0, 0.05) is 30.5 Å². The number of hydrogen-bond donors (Lipinski definition) is 0. The van der Waals surface area contributed by atoms with Crippen LogP contribution in [0, 0.1) is 10.1 Å². The summed E-state index contributed by atoms with van der Waals surface area (Å²) >= 11 is 11.6. The third kappa shape index (κ3) is 5.58. The minimum absolute atomic E-state index is 0.229. The van der Waals surface area contributed by atoms with Gasteiger partial charge < -0.3 is 15.0 Å². The fraction of sp³-hybridized carbons (Fsp3) is 0.400. The van der Waals surface area contributed by atoms with Gasteiger partial charge in [0.15, 0.2) is 15.7 Å². The highest BCUT2D eigenvalue weighted by atomic mass is 35.5. The largest absolute Gasteiger partial charge is 0.435 e. The Bertz CT molecular complexity index is 834. The maximum atomic E-state index is 12.3. The van der Waals surface area contributed by atoms with E-state index in [9.17, 15) is 18.5 Å². The maximum absolute atomic E-state index is 12.3. The van der Waals surface area contributed by atoms with Crippen molar-refractivity contribution in [3.05, 3.63) is 52.3 Å². The molecule has 0 atom stereocenters. The van der Waals surface area contributed by atoms with Crippen LogP contribution in [-0.2, 0) is 21.5 Å². The van der Waals surface area contributed by atoms with Crippen molar-refractivity contribution in [1.29, 1.82) is 0 Å². The number of nitrogens with zero attached hydrogens (tertiary/aromatic N) is 4. The topological polar surface area (TPSA) is 98.3 Å². The Hall–Kier alpha value is -1.84. The van der Waals surface area contributed by atoms with Gasteiger partial charge in [-0.25, -0.2) is 13.0 Å². The SMILES string of the molecule is O=[N+]([O-])c1nccn1CS(=O)(=O)Cc1ccc(N(CCCl)CCCl)cc1. The van der Waals surface area contributed by atoms with Crippen molar-refractivity contribution < 1.29 is 13.3 Å². The van der Waals surface area contributed by atoms with E-state index in [4.69, 9.17) is 23.2 Å². The van der Waals surface area contributed by atoms with Crippen molar-refractivity contribution in [2.24, 2.45) is 0 Å². The van der Waals surface area contributed by atoms with Crippen LogP contribution in [0.5, 0.6) is 0 Å². The Labute approximate surface area is 161 Å². The van der Waals surface area contributed by atoms with Gasteiger partial charge in [0.2, 0.25) is 0 Å². The summed E-state index contributed by atoms with van der Waals surface area (Å²) in [6, 6.07) is 7.04. The summed E-state index contributed by atoms with van der Waals surface area (Å²) in [5.41, 5.74) is 1.49. The van der Waals surface area contributed by atoms with Crippen molar-refractivity contribution >= 4 is 44.7 Å². The first kappa shape index (κ1) is 20.5. The summed E-state index contributed by atoms with van der Waals surface area (Å²) in [5, 5.41) is 10.8. The predicted molar refractivity (Wildman–Crippen MR) is 102 cm³/mol. The summed E-state index contributed by atoms with van der Waals surface area (Å²) < 4.78 is 25.7. The Morgan fingerprint density at radius 2 is 1.77 bits per heavy atom. The molecule has 1 aromatic carbocycles. The summed E-state index contributed by atoms with van der Waals surface area (Å²) in [6.07, 6.45) is 2.47. The summed E-state index contributed by atoms with van der Waals surface area (Å²) in [7, 11) is -3.60. The van der Waals surface area contributed by atoms with Crippen molar-refractivity contribution in [2.75, 3.05) is 29.7 Å². The number of sulfone groups is 1. The van der Waals surface area contributed by atoms with E-state index in [2.05, 4.69) is 4.98 Å². The van der Waals surface area contributed by atoms with Gasteiger partial charge in [0.05, 0.1) is 5.75 Å². The zero-order valence-electron chi connectivity index (χ0n) is 13.8. The lowest BCUT2D eigenvalue weighted by atomic mass is 10.2. The molecular weight excluding hydrogens is 403 g/mol. The number of imidazole rings is 1. The van der Waals surface area contributed by atoms with Crippen molar-refractivity contribution in [1.82, 2.24) is 9.55 Å². The molecule has 0 fully saturated rings. The third-order valence-corrected chi connectivity index (χ3v) is 5.37. The quantitative estimate of drug-likeness (QED) is 0.332. The van der Waals surface area contributed by atoms with E-state index in [0.29, 0.717) is 30.4 Å². The molecule has 0 spiro atoms. The fourth-order valence-electron chi connectivity index (χ4n) is 2.46. The molecule has 0 unspecified atom stereocenters. The number of alkyl halides is 2. The molecule has 0 saturated carbocycles. The number of rotatable bonds is 10. The van der Waals surface area contributed by atoms with Crippen LogP contribution in [0.1, 0.15) is 5.56 Å².